The summed E-state index contributed by atoms with van der Waals surface area (Å²) >= 11 is 0. The molecule has 1 aromatic heterocycles. The minimum Gasteiger partial charge on any atom is -0.372 e. The lowest BCUT2D eigenvalue weighted by Crippen LogP contribution is -2.56. The number of rotatable bonds is 2. The standard InChI is InChI=1S/C16H25N5O2/c1-12-9-21(10-13(2)23-12)16(22)19-14-5-3-8-20(11-14)15-17-6-4-7-18-15/h4,6-7,12-14H,3,5,8-11H2,1-2H3,(H,19,22). The molecule has 0 bridgehead atoms. The van der Waals surface area contributed by atoms with Crippen LogP contribution in [-0.2, 0) is 4.74 Å². The van der Waals surface area contributed by atoms with Crippen LogP contribution in [0.2, 0.25) is 0 Å². The molecule has 3 heterocycles. The van der Waals surface area contributed by atoms with Gasteiger partial charge in [0.15, 0.2) is 0 Å². The molecule has 0 radical (unpaired) electrons. The monoisotopic (exact) mass is 319 g/mol. The molecule has 2 aliphatic rings. The molecule has 0 saturated carbocycles. The van der Waals surface area contributed by atoms with E-state index in [0.717, 1.165) is 31.9 Å². The van der Waals surface area contributed by atoms with Crippen LogP contribution in [0.1, 0.15) is 26.7 Å². The normalized spacial score (nSPS) is 28.5. The van der Waals surface area contributed by atoms with Crippen molar-refractivity contribution in [2.24, 2.45) is 0 Å². The number of hydrogen-bond acceptors (Lipinski definition) is 5. The average Bonchev–Trinajstić information content (AvgIpc) is 2.55. The van der Waals surface area contributed by atoms with Gasteiger partial charge in [0.2, 0.25) is 5.95 Å². The number of amides is 2. The van der Waals surface area contributed by atoms with E-state index in [1.54, 1.807) is 12.4 Å². The van der Waals surface area contributed by atoms with E-state index in [9.17, 15) is 4.79 Å². The fourth-order valence-electron chi connectivity index (χ4n) is 3.34. The first kappa shape index (κ1) is 16.0. The Bertz CT molecular complexity index is 516. The van der Waals surface area contributed by atoms with E-state index in [1.807, 2.05) is 24.8 Å². The number of urea groups is 1. The number of aromatic nitrogens is 2. The fourth-order valence-corrected chi connectivity index (χ4v) is 3.34. The smallest absolute Gasteiger partial charge is 0.317 e. The molecule has 7 heteroatoms. The van der Waals surface area contributed by atoms with Gasteiger partial charge in [0.1, 0.15) is 0 Å². The van der Waals surface area contributed by atoms with Crippen LogP contribution in [-0.4, -0.2) is 65.3 Å². The maximum Gasteiger partial charge on any atom is 0.317 e. The second-order valence-corrected chi connectivity index (χ2v) is 6.45. The van der Waals surface area contributed by atoms with Crippen LogP contribution in [0.4, 0.5) is 10.7 Å². The minimum absolute atomic E-state index is 0.00725. The van der Waals surface area contributed by atoms with Crippen molar-refractivity contribution < 1.29 is 9.53 Å². The number of anilines is 1. The number of piperidine rings is 1. The molecule has 0 aromatic carbocycles. The summed E-state index contributed by atoms with van der Waals surface area (Å²) in [4.78, 5) is 25.1. The van der Waals surface area contributed by atoms with Gasteiger partial charge in [-0.1, -0.05) is 0 Å². The molecule has 23 heavy (non-hydrogen) atoms. The lowest BCUT2D eigenvalue weighted by atomic mass is 10.1. The number of morpholine rings is 1. The first-order chi connectivity index (χ1) is 11.1. The van der Waals surface area contributed by atoms with Crippen LogP contribution in [0.25, 0.3) is 0 Å². The van der Waals surface area contributed by atoms with Crippen LogP contribution in [0.5, 0.6) is 0 Å². The highest BCUT2D eigenvalue weighted by atomic mass is 16.5. The first-order valence-corrected chi connectivity index (χ1v) is 8.34. The summed E-state index contributed by atoms with van der Waals surface area (Å²) in [6, 6.07) is 1.95. The number of nitrogens with one attached hydrogen (secondary N) is 1. The van der Waals surface area contributed by atoms with Gasteiger partial charge in [-0.05, 0) is 32.8 Å². The van der Waals surface area contributed by atoms with Crippen molar-refractivity contribution in [3.05, 3.63) is 18.5 Å². The summed E-state index contributed by atoms with van der Waals surface area (Å²) < 4.78 is 5.68. The van der Waals surface area contributed by atoms with Gasteiger partial charge in [-0.15, -0.1) is 0 Å². The quantitative estimate of drug-likeness (QED) is 0.889. The minimum atomic E-state index is 0.00725. The zero-order chi connectivity index (χ0) is 16.2. The van der Waals surface area contributed by atoms with Crippen LogP contribution in [0.15, 0.2) is 18.5 Å². The van der Waals surface area contributed by atoms with E-state index in [1.165, 1.54) is 0 Å². The number of ether oxygens (including phenoxy) is 1. The Morgan fingerprint density at radius 3 is 2.61 bits per heavy atom. The Balaban J connectivity index is 1.56. The van der Waals surface area contributed by atoms with Gasteiger partial charge in [0, 0.05) is 44.6 Å². The molecule has 2 saturated heterocycles. The summed E-state index contributed by atoms with van der Waals surface area (Å²) in [5.74, 6) is 0.736. The third-order valence-electron chi connectivity index (χ3n) is 4.29. The van der Waals surface area contributed by atoms with Crippen molar-refractivity contribution in [3.8, 4) is 0 Å². The van der Waals surface area contributed by atoms with Crippen molar-refractivity contribution in [2.75, 3.05) is 31.1 Å². The molecule has 3 atom stereocenters. The van der Waals surface area contributed by atoms with Gasteiger partial charge in [0.05, 0.1) is 12.2 Å². The van der Waals surface area contributed by atoms with Gasteiger partial charge < -0.3 is 19.9 Å². The molecule has 1 aromatic rings. The van der Waals surface area contributed by atoms with E-state index in [4.69, 9.17) is 4.74 Å². The topological polar surface area (TPSA) is 70.6 Å². The summed E-state index contributed by atoms with van der Waals surface area (Å²) in [5.41, 5.74) is 0. The largest absolute Gasteiger partial charge is 0.372 e. The van der Waals surface area contributed by atoms with E-state index in [0.29, 0.717) is 13.1 Å². The SMILES string of the molecule is CC1CN(C(=O)NC2CCCN(c3ncccn3)C2)CC(C)O1. The Hall–Kier alpha value is -1.89. The second kappa shape index (κ2) is 7.12. The molecule has 2 amide bonds. The molecule has 0 spiro atoms. The van der Waals surface area contributed by atoms with Crippen molar-refractivity contribution in [2.45, 2.75) is 44.9 Å². The maximum atomic E-state index is 12.5. The molecule has 2 fully saturated rings. The highest BCUT2D eigenvalue weighted by molar-refractivity contribution is 5.74. The zero-order valence-electron chi connectivity index (χ0n) is 13.8. The highest BCUT2D eigenvalue weighted by Gasteiger charge is 2.29. The average molecular weight is 319 g/mol. The predicted molar refractivity (Wildman–Crippen MR) is 87.4 cm³/mol. The van der Waals surface area contributed by atoms with E-state index in [2.05, 4.69) is 20.2 Å². The van der Waals surface area contributed by atoms with Gasteiger partial charge in [-0.2, -0.15) is 0 Å². The zero-order valence-corrected chi connectivity index (χ0v) is 13.8. The van der Waals surface area contributed by atoms with E-state index < -0.39 is 0 Å². The van der Waals surface area contributed by atoms with Crippen molar-refractivity contribution >= 4 is 12.0 Å². The summed E-state index contributed by atoms with van der Waals surface area (Å²) in [5, 5.41) is 3.16. The summed E-state index contributed by atoms with van der Waals surface area (Å²) in [6.07, 6.45) is 5.70. The van der Waals surface area contributed by atoms with Gasteiger partial charge in [0.25, 0.3) is 0 Å². The van der Waals surface area contributed by atoms with Crippen molar-refractivity contribution in [1.82, 2.24) is 20.2 Å². The molecule has 2 aliphatic heterocycles. The number of nitrogens with zero attached hydrogens (tertiary/aromatic N) is 4. The molecule has 126 valence electrons. The van der Waals surface area contributed by atoms with Gasteiger partial charge >= 0.3 is 6.03 Å². The highest BCUT2D eigenvalue weighted by Crippen LogP contribution is 2.16. The Kier molecular flexibility index (Phi) is 4.95. The van der Waals surface area contributed by atoms with Crippen molar-refractivity contribution in [1.29, 1.82) is 0 Å². The third kappa shape index (κ3) is 4.10. The van der Waals surface area contributed by atoms with Crippen LogP contribution < -0.4 is 10.2 Å². The van der Waals surface area contributed by atoms with Gasteiger partial charge in [-0.3, -0.25) is 0 Å². The van der Waals surface area contributed by atoms with E-state index in [-0.39, 0.29) is 24.3 Å². The molecular weight excluding hydrogens is 294 g/mol. The lowest BCUT2D eigenvalue weighted by molar-refractivity contribution is -0.0548. The van der Waals surface area contributed by atoms with Gasteiger partial charge in [-0.25, -0.2) is 14.8 Å². The van der Waals surface area contributed by atoms with Crippen LogP contribution in [0.3, 0.4) is 0 Å². The molecule has 7 nitrogen and oxygen atoms in total. The fraction of sp³-hybridized carbons (Fsp3) is 0.688. The molecule has 3 rings (SSSR count). The first-order valence-electron chi connectivity index (χ1n) is 8.34. The summed E-state index contributed by atoms with van der Waals surface area (Å²) in [6.45, 7) is 6.99. The molecular formula is C16H25N5O2. The van der Waals surface area contributed by atoms with Crippen molar-refractivity contribution in [3.63, 3.8) is 0 Å². The second-order valence-electron chi connectivity index (χ2n) is 6.45. The number of carbonyl (C=O) groups excluding carboxylic acids is 1. The van der Waals surface area contributed by atoms with Crippen LogP contribution >= 0.6 is 0 Å². The maximum absolute atomic E-state index is 12.5. The molecule has 1 N–H and O–H groups in total. The number of hydrogen-bond donors (Lipinski definition) is 1. The predicted octanol–water partition coefficient (Wildman–Crippen LogP) is 1.26. The van der Waals surface area contributed by atoms with Crippen LogP contribution in [0, 0.1) is 0 Å². The Morgan fingerprint density at radius 1 is 1.22 bits per heavy atom. The summed E-state index contributed by atoms with van der Waals surface area (Å²) in [7, 11) is 0. The molecule has 3 unspecified atom stereocenters. The Labute approximate surface area is 137 Å². The lowest BCUT2D eigenvalue weighted by Gasteiger charge is -2.38. The Morgan fingerprint density at radius 2 is 1.91 bits per heavy atom. The van der Waals surface area contributed by atoms with E-state index >= 15 is 0 Å². The number of carbonyl (C=O) groups is 1. The molecule has 0 aliphatic carbocycles. The third-order valence-corrected chi connectivity index (χ3v) is 4.29.